The molecular formula is C19H22ClI. The molecule has 0 aliphatic carbocycles. The molecule has 0 heterocycles. The Bertz CT molecular complexity index is 576. The largest absolute Gasteiger partial charge is 0.113 e. The van der Waals surface area contributed by atoms with Crippen molar-refractivity contribution in [2.75, 3.05) is 0 Å². The summed E-state index contributed by atoms with van der Waals surface area (Å²) in [5.74, 6) is 0. The smallest absolute Gasteiger partial charge is 0.0840 e. The summed E-state index contributed by atoms with van der Waals surface area (Å²) in [6.07, 6.45) is 3.14. The summed E-state index contributed by atoms with van der Waals surface area (Å²) < 4.78 is 1.24. The lowest BCUT2D eigenvalue weighted by Crippen LogP contribution is -2.05. The van der Waals surface area contributed by atoms with Gasteiger partial charge in [-0.05, 0) is 81.8 Å². The van der Waals surface area contributed by atoms with Gasteiger partial charge >= 0.3 is 0 Å². The Balaban J connectivity index is 2.52. The first kappa shape index (κ1) is 16.8. The van der Waals surface area contributed by atoms with Crippen molar-refractivity contribution in [1.29, 1.82) is 0 Å². The van der Waals surface area contributed by atoms with Gasteiger partial charge in [0.15, 0.2) is 0 Å². The van der Waals surface area contributed by atoms with Gasteiger partial charge in [0.1, 0.15) is 0 Å². The Morgan fingerprint density at radius 1 is 0.905 bits per heavy atom. The van der Waals surface area contributed by atoms with Crippen molar-refractivity contribution in [3.63, 3.8) is 0 Å². The van der Waals surface area contributed by atoms with Gasteiger partial charge < -0.3 is 0 Å². The van der Waals surface area contributed by atoms with Crippen LogP contribution in [0.5, 0.6) is 0 Å². The summed E-state index contributed by atoms with van der Waals surface area (Å²) in [5.41, 5.74) is 6.71. The normalized spacial score (nSPS) is 12.4. The molecule has 2 heteroatoms. The van der Waals surface area contributed by atoms with Gasteiger partial charge in [0.05, 0.1) is 5.38 Å². The second kappa shape index (κ2) is 7.64. The van der Waals surface area contributed by atoms with Crippen LogP contribution in [-0.4, -0.2) is 0 Å². The average molecular weight is 413 g/mol. The lowest BCUT2D eigenvalue weighted by molar-refractivity contribution is 0.964. The number of alkyl halides is 1. The summed E-state index contributed by atoms with van der Waals surface area (Å²) in [5, 5.41) is -0.0576. The highest BCUT2D eigenvalue weighted by Crippen LogP contribution is 2.35. The zero-order valence-corrected chi connectivity index (χ0v) is 15.8. The van der Waals surface area contributed by atoms with Crippen LogP contribution < -0.4 is 0 Å². The first-order valence-corrected chi connectivity index (χ1v) is 9.16. The molecule has 1 atom stereocenters. The van der Waals surface area contributed by atoms with E-state index in [0.717, 1.165) is 19.3 Å². The standard InChI is InChI=1S/C19H22ClI/c1-4-13-11-14(5-2)18(15(6-3)12-13)19(20)16-7-9-17(21)10-8-16/h7-12,19H,4-6H2,1-3H3. The summed E-state index contributed by atoms with van der Waals surface area (Å²) in [6, 6.07) is 13.2. The summed E-state index contributed by atoms with van der Waals surface area (Å²) in [4.78, 5) is 0. The fourth-order valence-electron chi connectivity index (χ4n) is 2.76. The number of benzene rings is 2. The fourth-order valence-corrected chi connectivity index (χ4v) is 3.55. The molecular weight excluding hydrogens is 391 g/mol. The third-order valence-electron chi connectivity index (χ3n) is 4.00. The summed E-state index contributed by atoms with van der Waals surface area (Å²) in [6.45, 7) is 6.65. The third kappa shape index (κ3) is 3.81. The van der Waals surface area contributed by atoms with Gasteiger partial charge in [0.2, 0.25) is 0 Å². The maximum atomic E-state index is 6.84. The van der Waals surface area contributed by atoms with E-state index in [1.807, 2.05) is 0 Å². The third-order valence-corrected chi connectivity index (χ3v) is 5.19. The van der Waals surface area contributed by atoms with Crippen molar-refractivity contribution in [2.45, 2.75) is 45.4 Å². The van der Waals surface area contributed by atoms with Crippen molar-refractivity contribution >= 4 is 34.2 Å². The van der Waals surface area contributed by atoms with Crippen molar-refractivity contribution in [3.05, 3.63) is 67.8 Å². The van der Waals surface area contributed by atoms with Gasteiger partial charge in [-0.3, -0.25) is 0 Å². The molecule has 0 saturated heterocycles. The second-order valence-electron chi connectivity index (χ2n) is 5.30. The van der Waals surface area contributed by atoms with Gasteiger partial charge in [0, 0.05) is 3.57 Å². The van der Waals surface area contributed by atoms with Gasteiger partial charge in [-0.25, -0.2) is 0 Å². The van der Waals surface area contributed by atoms with E-state index in [4.69, 9.17) is 11.6 Å². The minimum Gasteiger partial charge on any atom is -0.113 e. The molecule has 21 heavy (non-hydrogen) atoms. The van der Waals surface area contributed by atoms with Crippen LogP contribution in [0.1, 0.15) is 54.0 Å². The highest BCUT2D eigenvalue weighted by molar-refractivity contribution is 14.1. The molecule has 0 amide bonds. The van der Waals surface area contributed by atoms with Crippen molar-refractivity contribution in [3.8, 4) is 0 Å². The van der Waals surface area contributed by atoms with E-state index in [0.29, 0.717) is 0 Å². The number of halogens is 2. The van der Waals surface area contributed by atoms with Crippen molar-refractivity contribution < 1.29 is 0 Å². The molecule has 0 spiro atoms. The van der Waals surface area contributed by atoms with Crippen molar-refractivity contribution in [1.82, 2.24) is 0 Å². The molecule has 112 valence electrons. The zero-order valence-electron chi connectivity index (χ0n) is 12.9. The average Bonchev–Trinajstić information content (AvgIpc) is 2.53. The first-order valence-electron chi connectivity index (χ1n) is 7.64. The molecule has 0 aliphatic heterocycles. The molecule has 0 fully saturated rings. The van der Waals surface area contributed by atoms with Gasteiger partial charge in [0.25, 0.3) is 0 Å². The fraction of sp³-hybridized carbons (Fsp3) is 0.368. The SMILES string of the molecule is CCc1cc(CC)c(C(Cl)c2ccc(I)cc2)c(CC)c1. The van der Waals surface area contributed by atoms with Crippen LogP contribution in [0.2, 0.25) is 0 Å². The lowest BCUT2D eigenvalue weighted by Gasteiger charge is -2.20. The maximum Gasteiger partial charge on any atom is 0.0840 e. The molecule has 0 radical (unpaired) electrons. The molecule has 0 N–H and O–H groups in total. The Kier molecular flexibility index (Phi) is 6.12. The van der Waals surface area contributed by atoms with Crippen LogP contribution in [0.3, 0.4) is 0 Å². The quantitative estimate of drug-likeness (QED) is 0.399. The predicted molar refractivity (Wildman–Crippen MR) is 101 cm³/mol. The van der Waals surface area contributed by atoms with Crippen LogP contribution >= 0.6 is 34.2 Å². The zero-order chi connectivity index (χ0) is 15.4. The lowest BCUT2D eigenvalue weighted by atomic mass is 9.89. The first-order chi connectivity index (χ1) is 10.1. The molecule has 0 bridgehead atoms. The molecule has 0 aliphatic rings. The minimum absolute atomic E-state index is 0.0576. The van der Waals surface area contributed by atoms with Crippen LogP contribution in [0.15, 0.2) is 36.4 Å². The molecule has 1 unspecified atom stereocenters. The van der Waals surface area contributed by atoms with E-state index in [9.17, 15) is 0 Å². The number of hydrogen-bond donors (Lipinski definition) is 0. The topological polar surface area (TPSA) is 0 Å². The van der Waals surface area contributed by atoms with Gasteiger partial charge in [-0.2, -0.15) is 0 Å². The Labute approximate surface area is 147 Å². The molecule has 2 rings (SSSR count). The number of rotatable bonds is 5. The van der Waals surface area contributed by atoms with E-state index in [1.165, 1.54) is 31.4 Å². The summed E-state index contributed by atoms with van der Waals surface area (Å²) in [7, 11) is 0. The molecule has 0 nitrogen and oxygen atoms in total. The van der Waals surface area contributed by atoms with Crippen molar-refractivity contribution in [2.24, 2.45) is 0 Å². The minimum atomic E-state index is -0.0576. The second-order valence-corrected chi connectivity index (χ2v) is 6.98. The monoisotopic (exact) mass is 412 g/mol. The Morgan fingerprint density at radius 3 is 1.86 bits per heavy atom. The van der Waals surface area contributed by atoms with E-state index >= 15 is 0 Å². The summed E-state index contributed by atoms with van der Waals surface area (Å²) >= 11 is 9.17. The molecule has 0 aromatic heterocycles. The highest BCUT2D eigenvalue weighted by atomic mass is 127. The van der Waals surface area contributed by atoms with Crippen LogP contribution in [-0.2, 0) is 19.3 Å². The van der Waals surface area contributed by atoms with Crippen LogP contribution in [0.4, 0.5) is 0 Å². The highest BCUT2D eigenvalue weighted by Gasteiger charge is 2.18. The van der Waals surface area contributed by atoms with Crippen LogP contribution in [0.25, 0.3) is 0 Å². The number of hydrogen-bond acceptors (Lipinski definition) is 0. The van der Waals surface area contributed by atoms with Gasteiger partial charge in [-0.15, -0.1) is 11.6 Å². The van der Waals surface area contributed by atoms with E-state index < -0.39 is 0 Å². The molecule has 2 aromatic rings. The Hall–Kier alpha value is -0.540. The Morgan fingerprint density at radius 2 is 1.43 bits per heavy atom. The molecule has 2 aromatic carbocycles. The maximum absolute atomic E-state index is 6.84. The predicted octanol–water partition coefficient (Wildman–Crippen LogP) is 6.31. The van der Waals surface area contributed by atoms with Gasteiger partial charge in [-0.1, -0.05) is 45.0 Å². The molecule has 0 saturated carbocycles. The number of aryl methyl sites for hydroxylation is 3. The van der Waals surface area contributed by atoms with Crippen LogP contribution in [0, 0.1) is 3.57 Å². The van der Waals surface area contributed by atoms with E-state index in [1.54, 1.807) is 0 Å². The van der Waals surface area contributed by atoms with E-state index in [-0.39, 0.29) is 5.38 Å². The van der Waals surface area contributed by atoms with E-state index in [2.05, 4.69) is 79.8 Å².